The van der Waals surface area contributed by atoms with Gasteiger partial charge in [0, 0.05) is 0 Å². The highest BCUT2D eigenvalue weighted by Gasteiger charge is 2.03. The molecule has 1 aliphatic heterocycles. The van der Waals surface area contributed by atoms with Crippen molar-refractivity contribution < 1.29 is 4.79 Å². The van der Waals surface area contributed by atoms with Crippen molar-refractivity contribution in [2.24, 2.45) is 0 Å². The minimum atomic E-state index is 0.0926. The van der Waals surface area contributed by atoms with Crippen LogP contribution in [0, 0.1) is 0 Å². The number of hydrogen-bond donors (Lipinski definition) is 2. The lowest BCUT2D eigenvalue weighted by atomic mass is 10.7. The van der Waals surface area contributed by atoms with Gasteiger partial charge in [-0.25, -0.2) is 0 Å². The Labute approximate surface area is 48.8 Å². The summed E-state index contributed by atoms with van der Waals surface area (Å²) in [5, 5.41) is 5.38. The highest BCUT2D eigenvalue weighted by molar-refractivity contribution is 5.79. The molecule has 1 heterocycles. The van der Waals surface area contributed by atoms with E-state index < -0.39 is 0 Å². The summed E-state index contributed by atoms with van der Waals surface area (Å²) in [4.78, 5) is 10.1. The van der Waals surface area contributed by atoms with Gasteiger partial charge in [-0.3, -0.25) is 10.1 Å². The highest BCUT2D eigenvalue weighted by Crippen LogP contribution is 1.67. The molecule has 0 spiro atoms. The van der Waals surface area contributed by atoms with Gasteiger partial charge in [0.2, 0.25) is 5.91 Å². The molecule has 1 rings (SSSR count). The molecule has 8 heavy (non-hydrogen) atoms. The van der Waals surface area contributed by atoms with Crippen LogP contribution in [0.4, 0.5) is 0 Å². The third kappa shape index (κ3) is 2.36. The van der Waals surface area contributed by atoms with E-state index in [0.29, 0.717) is 13.2 Å². The Morgan fingerprint density at radius 2 is 2.12 bits per heavy atom. The molecule has 0 unspecified atom stereocenters. The summed E-state index contributed by atoms with van der Waals surface area (Å²) < 4.78 is 0. The maximum Gasteiger partial charge on any atom is 0.235 e. The lowest BCUT2D eigenvalue weighted by molar-refractivity contribution is -0.118. The second-order valence-electron chi connectivity index (χ2n) is 1.20. The van der Waals surface area contributed by atoms with Crippen molar-refractivity contribution in [3.05, 3.63) is 13.2 Å². The molecular weight excluding hydrogens is 104 g/mol. The third-order valence-corrected chi connectivity index (χ3v) is 0.696. The minimum absolute atomic E-state index is 0.0926. The molecule has 3 heteroatoms. The molecule has 1 saturated heterocycles. The summed E-state index contributed by atoms with van der Waals surface area (Å²) >= 11 is 0. The van der Waals surface area contributed by atoms with Crippen molar-refractivity contribution in [2.75, 3.05) is 13.2 Å². The second-order valence-corrected chi connectivity index (χ2v) is 1.20. The second kappa shape index (κ2) is 4.33. The maximum atomic E-state index is 10.1. The first-order valence-electron chi connectivity index (χ1n) is 2.37. The summed E-state index contributed by atoms with van der Waals surface area (Å²) in [6.07, 6.45) is 0. The van der Waals surface area contributed by atoms with E-state index in [4.69, 9.17) is 0 Å². The van der Waals surface area contributed by atoms with Crippen molar-refractivity contribution in [2.45, 2.75) is 0 Å². The Morgan fingerprint density at radius 1 is 1.50 bits per heavy atom. The fraction of sp³-hybridized carbons (Fsp3) is 0.400. The van der Waals surface area contributed by atoms with E-state index in [-0.39, 0.29) is 5.91 Å². The van der Waals surface area contributed by atoms with E-state index in [9.17, 15) is 4.79 Å². The minimum Gasteiger partial charge on any atom is -0.342 e. The molecule has 1 fully saturated rings. The van der Waals surface area contributed by atoms with E-state index >= 15 is 0 Å². The Hall–Kier alpha value is -0.830. The average Bonchev–Trinajstić information content (AvgIpc) is 2.24. The standard InChI is InChI=1S/C3H6N2O.C2H4/c6-3-1-4-2-5-3;1-2/h4H,1-2H2,(H,5,6);1-2H2. The van der Waals surface area contributed by atoms with Crippen LogP contribution >= 0.6 is 0 Å². The normalized spacial score (nSPS) is 16.2. The average molecular weight is 114 g/mol. The van der Waals surface area contributed by atoms with Crippen molar-refractivity contribution in [3.63, 3.8) is 0 Å². The number of amides is 1. The SMILES string of the molecule is C=C.O=C1CNCN1. The summed E-state index contributed by atoms with van der Waals surface area (Å²) in [6.45, 7) is 7.12. The predicted molar refractivity (Wildman–Crippen MR) is 32.3 cm³/mol. The van der Waals surface area contributed by atoms with Gasteiger partial charge in [-0.1, -0.05) is 0 Å². The van der Waals surface area contributed by atoms with Gasteiger partial charge in [0.15, 0.2) is 0 Å². The third-order valence-electron chi connectivity index (χ3n) is 0.696. The summed E-state index contributed by atoms with van der Waals surface area (Å²) in [7, 11) is 0. The molecule has 0 aromatic heterocycles. The Kier molecular flexibility index (Phi) is 3.88. The highest BCUT2D eigenvalue weighted by atomic mass is 16.2. The van der Waals surface area contributed by atoms with Gasteiger partial charge < -0.3 is 5.32 Å². The van der Waals surface area contributed by atoms with Gasteiger partial charge in [-0.2, -0.15) is 0 Å². The van der Waals surface area contributed by atoms with Crippen LogP contribution < -0.4 is 10.6 Å². The summed E-state index contributed by atoms with van der Waals surface area (Å²) in [6, 6.07) is 0. The molecule has 0 saturated carbocycles. The van der Waals surface area contributed by atoms with Gasteiger partial charge in [0.05, 0.1) is 13.2 Å². The molecule has 46 valence electrons. The zero-order chi connectivity index (χ0) is 6.41. The van der Waals surface area contributed by atoms with Crippen molar-refractivity contribution in [3.8, 4) is 0 Å². The molecule has 0 aromatic carbocycles. The number of carbonyl (C=O) groups excluding carboxylic acids is 1. The predicted octanol–water partition coefficient (Wildman–Crippen LogP) is -0.535. The Bertz CT molecular complexity index is 74.5. The Morgan fingerprint density at radius 3 is 2.25 bits per heavy atom. The fourth-order valence-corrected chi connectivity index (χ4v) is 0.400. The Balaban J connectivity index is 0.000000222. The molecule has 0 aliphatic carbocycles. The summed E-state index contributed by atoms with van der Waals surface area (Å²) in [5.41, 5.74) is 0. The van der Waals surface area contributed by atoms with Gasteiger partial charge in [-0.05, 0) is 0 Å². The van der Waals surface area contributed by atoms with E-state index in [0.717, 1.165) is 0 Å². The largest absolute Gasteiger partial charge is 0.342 e. The lowest BCUT2D eigenvalue weighted by Crippen LogP contribution is -2.14. The zero-order valence-electron chi connectivity index (χ0n) is 4.74. The molecule has 3 nitrogen and oxygen atoms in total. The van der Waals surface area contributed by atoms with Gasteiger partial charge in [-0.15, -0.1) is 13.2 Å². The smallest absolute Gasteiger partial charge is 0.235 e. The topological polar surface area (TPSA) is 41.1 Å². The van der Waals surface area contributed by atoms with E-state index in [1.165, 1.54) is 0 Å². The van der Waals surface area contributed by atoms with Crippen molar-refractivity contribution in [1.29, 1.82) is 0 Å². The first-order chi connectivity index (χ1) is 3.89. The van der Waals surface area contributed by atoms with Crippen molar-refractivity contribution >= 4 is 5.91 Å². The first-order valence-corrected chi connectivity index (χ1v) is 2.37. The van der Waals surface area contributed by atoms with Crippen molar-refractivity contribution in [1.82, 2.24) is 10.6 Å². The van der Waals surface area contributed by atoms with Crippen LogP contribution in [0.5, 0.6) is 0 Å². The number of nitrogens with one attached hydrogen (secondary N) is 2. The van der Waals surface area contributed by atoms with E-state index in [2.05, 4.69) is 23.8 Å². The van der Waals surface area contributed by atoms with Gasteiger partial charge >= 0.3 is 0 Å². The lowest BCUT2D eigenvalue weighted by Gasteiger charge is -1.78. The van der Waals surface area contributed by atoms with Crippen LogP contribution in [-0.2, 0) is 4.79 Å². The first kappa shape index (κ1) is 7.17. The van der Waals surface area contributed by atoms with Crippen LogP contribution in [0.3, 0.4) is 0 Å². The van der Waals surface area contributed by atoms with E-state index in [1.807, 2.05) is 0 Å². The molecule has 1 amide bonds. The zero-order valence-corrected chi connectivity index (χ0v) is 4.74. The van der Waals surface area contributed by atoms with Crippen LogP contribution in [0.25, 0.3) is 0 Å². The molecule has 0 atom stereocenters. The number of rotatable bonds is 0. The molecule has 1 aliphatic rings. The van der Waals surface area contributed by atoms with E-state index in [1.54, 1.807) is 0 Å². The van der Waals surface area contributed by atoms with Crippen LogP contribution in [0.2, 0.25) is 0 Å². The maximum absolute atomic E-state index is 10.1. The van der Waals surface area contributed by atoms with Gasteiger partial charge in [0.25, 0.3) is 0 Å². The molecule has 0 bridgehead atoms. The monoisotopic (exact) mass is 114 g/mol. The molecule has 0 aromatic rings. The number of hydrogen-bond acceptors (Lipinski definition) is 2. The summed E-state index contributed by atoms with van der Waals surface area (Å²) in [5.74, 6) is 0.0926. The number of carbonyl (C=O) groups is 1. The van der Waals surface area contributed by atoms with Crippen LogP contribution in [0.1, 0.15) is 0 Å². The molecular formula is C5H10N2O. The van der Waals surface area contributed by atoms with Gasteiger partial charge in [0.1, 0.15) is 0 Å². The molecule has 0 radical (unpaired) electrons. The fourth-order valence-electron chi connectivity index (χ4n) is 0.400. The van der Waals surface area contributed by atoms with Crippen LogP contribution in [0.15, 0.2) is 13.2 Å². The molecule has 2 N–H and O–H groups in total. The van der Waals surface area contributed by atoms with Crippen LogP contribution in [-0.4, -0.2) is 19.1 Å². The quantitative estimate of drug-likeness (QED) is 0.415.